The topological polar surface area (TPSA) is 119 Å². The van der Waals surface area contributed by atoms with Gasteiger partial charge in [0.15, 0.2) is 0 Å². The lowest BCUT2D eigenvalue weighted by atomic mass is 10.3. The number of aliphatic hydroxyl groups is 1. The highest BCUT2D eigenvalue weighted by Crippen LogP contribution is 1.86. The number of aliphatic carboxylic acids is 1. The third-order valence-corrected chi connectivity index (χ3v) is 1.37. The molecule has 0 aliphatic rings. The Morgan fingerprint density at radius 2 is 1.57 bits per heavy atom. The lowest BCUT2D eigenvalue weighted by Gasteiger charge is -1.98. The molecule has 0 heterocycles. The summed E-state index contributed by atoms with van der Waals surface area (Å²) in [5.41, 5.74) is 0. The van der Waals surface area contributed by atoms with Crippen molar-refractivity contribution < 1.29 is 38.8 Å². The van der Waals surface area contributed by atoms with Crippen molar-refractivity contribution in [1.29, 1.82) is 0 Å². The van der Waals surface area contributed by atoms with E-state index in [9.17, 15) is 9.59 Å². The molecule has 0 saturated carbocycles. The van der Waals surface area contributed by atoms with Gasteiger partial charge in [-0.25, -0.2) is 0 Å². The number of carbonyl (C=O) groups is 3. The molecule has 0 aromatic carbocycles. The number of hydrogen-bond donors (Lipinski definition) is 2. The van der Waals surface area contributed by atoms with Gasteiger partial charge in [0, 0.05) is 14.0 Å². The van der Waals surface area contributed by atoms with Crippen LogP contribution in [0.4, 0.5) is 0 Å². The number of ether oxygens (including phenoxy) is 3. The third kappa shape index (κ3) is 45.7. The summed E-state index contributed by atoms with van der Waals surface area (Å²) in [6, 6.07) is 0. The molecule has 0 aromatic heterocycles. The Balaban J connectivity index is -0.000000249. The Kier molecular flexibility index (Phi) is 24.3. The number of ketones is 1. The molecule has 2 N–H and O–H groups in total. The summed E-state index contributed by atoms with van der Waals surface area (Å²) >= 11 is 0. The normalized spacial score (nSPS) is 8.62. The van der Waals surface area contributed by atoms with Gasteiger partial charge in [0.2, 0.25) is 0 Å². The maximum atomic E-state index is 10.4. The second kappa shape index (κ2) is 20.8. The average Bonchev–Trinajstić information content (AvgIpc) is 2.34. The predicted octanol–water partition coefficient (Wildman–Crippen LogP) is 0.261. The number of Topliss-reactive ketones (excluding diaryl/α,β-unsaturated/α-hetero) is 1. The van der Waals surface area contributed by atoms with Crippen molar-refractivity contribution in [2.45, 2.75) is 27.2 Å². The third-order valence-electron chi connectivity index (χ3n) is 1.37. The van der Waals surface area contributed by atoms with Gasteiger partial charge in [-0.15, -0.1) is 0 Å². The largest absolute Gasteiger partial charge is 0.481 e. The summed E-state index contributed by atoms with van der Waals surface area (Å²) in [6.45, 7) is 6.14. The first-order valence-corrected chi connectivity index (χ1v) is 6.33. The van der Waals surface area contributed by atoms with Crippen LogP contribution in [0.25, 0.3) is 0 Å². The van der Waals surface area contributed by atoms with Crippen molar-refractivity contribution >= 4 is 17.7 Å². The number of carboxylic acid groups (broad SMARTS) is 1. The van der Waals surface area contributed by atoms with E-state index in [-0.39, 0.29) is 18.8 Å². The SMILES string of the molecule is CC(=O)O.CCOC(=O)CC(C)=O.COCCOCCO. The van der Waals surface area contributed by atoms with Crippen molar-refractivity contribution in [2.75, 3.05) is 40.1 Å². The summed E-state index contributed by atoms with van der Waals surface area (Å²) in [5, 5.41) is 15.6. The van der Waals surface area contributed by atoms with Gasteiger partial charge < -0.3 is 24.4 Å². The molecule has 0 aliphatic carbocycles. The van der Waals surface area contributed by atoms with Crippen molar-refractivity contribution in [3.8, 4) is 0 Å². The maximum Gasteiger partial charge on any atom is 0.313 e. The van der Waals surface area contributed by atoms with E-state index in [1.165, 1.54) is 6.92 Å². The fourth-order valence-corrected chi connectivity index (χ4v) is 0.724. The molecule has 0 radical (unpaired) electrons. The highest BCUT2D eigenvalue weighted by Gasteiger charge is 2.03. The van der Waals surface area contributed by atoms with Crippen LogP contribution in [0.15, 0.2) is 0 Å². The van der Waals surface area contributed by atoms with E-state index < -0.39 is 11.9 Å². The van der Waals surface area contributed by atoms with E-state index in [1.807, 2.05) is 0 Å². The second-order valence-electron chi connectivity index (χ2n) is 3.53. The Hall–Kier alpha value is -1.51. The van der Waals surface area contributed by atoms with Crippen molar-refractivity contribution in [2.24, 2.45) is 0 Å². The molecule has 0 amide bonds. The molecule has 0 aliphatic heterocycles. The lowest BCUT2D eigenvalue weighted by molar-refractivity contribution is -0.145. The molecule has 8 nitrogen and oxygen atoms in total. The molecule has 0 atom stereocenters. The molecule has 0 bridgehead atoms. The van der Waals surface area contributed by atoms with Crippen LogP contribution in [0, 0.1) is 0 Å². The minimum absolute atomic E-state index is 0.0870. The molecular weight excluding hydrogens is 284 g/mol. The minimum atomic E-state index is -0.833. The minimum Gasteiger partial charge on any atom is -0.481 e. The standard InChI is InChI=1S/C6H10O3.C5H12O3.C2H4O2/c1-3-9-6(8)4-5(2)7;1-7-4-5-8-3-2-6;1-2(3)4/h3-4H2,1-2H3;6H,2-5H2,1H3;1H3,(H,3,4). The molecule has 0 rings (SSSR count). The van der Waals surface area contributed by atoms with Gasteiger partial charge in [-0.2, -0.15) is 0 Å². The number of methoxy groups -OCH3 is 1. The van der Waals surface area contributed by atoms with Crippen LogP contribution in [0.2, 0.25) is 0 Å². The van der Waals surface area contributed by atoms with Crippen LogP contribution in [0.1, 0.15) is 27.2 Å². The zero-order valence-corrected chi connectivity index (χ0v) is 13.1. The number of hydrogen-bond acceptors (Lipinski definition) is 7. The molecule has 0 spiro atoms. The number of carbonyl (C=O) groups excluding carboxylic acids is 2. The predicted molar refractivity (Wildman–Crippen MR) is 75.0 cm³/mol. The summed E-state index contributed by atoms with van der Waals surface area (Å²) in [7, 11) is 1.61. The smallest absolute Gasteiger partial charge is 0.313 e. The molecule has 0 aromatic rings. The number of rotatable bonds is 8. The molecule has 0 fully saturated rings. The first kappa shape index (κ1) is 24.5. The van der Waals surface area contributed by atoms with E-state index >= 15 is 0 Å². The van der Waals surface area contributed by atoms with E-state index in [2.05, 4.69) is 9.47 Å². The molecule has 0 saturated heterocycles. The molecule has 126 valence electrons. The average molecular weight is 310 g/mol. The van der Waals surface area contributed by atoms with Crippen LogP contribution in [-0.2, 0) is 28.6 Å². The fraction of sp³-hybridized carbons (Fsp3) is 0.769. The first-order chi connectivity index (χ1) is 9.81. The highest BCUT2D eigenvalue weighted by atomic mass is 16.5. The Labute approximate surface area is 125 Å². The van der Waals surface area contributed by atoms with Crippen molar-refractivity contribution in [3.63, 3.8) is 0 Å². The Bertz CT molecular complexity index is 255. The summed E-state index contributed by atoms with van der Waals surface area (Å²) in [4.78, 5) is 29.6. The van der Waals surface area contributed by atoms with Crippen LogP contribution >= 0.6 is 0 Å². The van der Waals surface area contributed by atoms with Crippen LogP contribution in [0.5, 0.6) is 0 Å². The number of esters is 1. The van der Waals surface area contributed by atoms with Gasteiger partial charge in [0.25, 0.3) is 5.97 Å². The number of aliphatic hydroxyl groups excluding tert-OH is 1. The summed E-state index contributed by atoms with van der Waals surface area (Å²) in [6.07, 6.45) is -0.103. The maximum absolute atomic E-state index is 10.4. The van der Waals surface area contributed by atoms with E-state index in [1.54, 1.807) is 14.0 Å². The van der Waals surface area contributed by atoms with Crippen LogP contribution in [0.3, 0.4) is 0 Å². The van der Waals surface area contributed by atoms with Crippen molar-refractivity contribution in [1.82, 2.24) is 0 Å². The van der Waals surface area contributed by atoms with Crippen LogP contribution in [-0.4, -0.2) is 68.1 Å². The van der Waals surface area contributed by atoms with E-state index in [0.29, 0.717) is 26.4 Å². The zero-order chi connectivity index (χ0) is 17.1. The monoisotopic (exact) mass is 310 g/mol. The Morgan fingerprint density at radius 3 is 1.90 bits per heavy atom. The van der Waals surface area contributed by atoms with Crippen LogP contribution < -0.4 is 0 Å². The van der Waals surface area contributed by atoms with Gasteiger partial charge in [-0.05, 0) is 13.8 Å². The quantitative estimate of drug-likeness (QED) is 0.372. The Morgan fingerprint density at radius 1 is 1.05 bits per heavy atom. The van der Waals surface area contributed by atoms with Gasteiger partial charge in [0.1, 0.15) is 12.2 Å². The molecule has 0 unspecified atom stereocenters. The molecular formula is C13H26O8. The lowest BCUT2D eigenvalue weighted by Crippen LogP contribution is -2.07. The highest BCUT2D eigenvalue weighted by molar-refractivity contribution is 5.94. The van der Waals surface area contributed by atoms with Gasteiger partial charge in [-0.1, -0.05) is 0 Å². The van der Waals surface area contributed by atoms with E-state index in [4.69, 9.17) is 19.7 Å². The van der Waals surface area contributed by atoms with Gasteiger partial charge >= 0.3 is 5.97 Å². The number of carboxylic acids is 1. The summed E-state index contributed by atoms with van der Waals surface area (Å²) in [5.74, 6) is -1.43. The first-order valence-electron chi connectivity index (χ1n) is 6.33. The van der Waals surface area contributed by atoms with Crippen molar-refractivity contribution in [3.05, 3.63) is 0 Å². The van der Waals surface area contributed by atoms with Gasteiger partial charge in [-0.3, -0.25) is 14.4 Å². The summed E-state index contributed by atoms with van der Waals surface area (Å²) < 4.78 is 14.0. The molecule has 21 heavy (non-hydrogen) atoms. The van der Waals surface area contributed by atoms with E-state index in [0.717, 1.165) is 6.92 Å². The second-order valence-corrected chi connectivity index (χ2v) is 3.53. The fourth-order valence-electron chi connectivity index (χ4n) is 0.724. The molecule has 8 heteroatoms. The van der Waals surface area contributed by atoms with Gasteiger partial charge in [0.05, 0.1) is 33.0 Å². The zero-order valence-electron chi connectivity index (χ0n) is 13.1.